The van der Waals surface area contributed by atoms with Gasteiger partial charge in [-0.05, 0) is 67.2 Å². The van der Waals surface area contributed by atoms with Crippen molar-refractivity contribution in [2.45, 2.75) is 120 Å². The summed E-state index contributed by atoms with van der Waals surface area (Å²) in [4.78, 5) is 32.7. The molecule has 0 radical (unpaired) electrons. The Balaban J connectivity index is -0.000000364. The van der Waals surface area contributed by atoms with Crippen LogP contribution in [-0.4, -0.2) is 42.0 Å². The van der Waals surface area contributed by atoms with Crippen molar-refractivity contribution in [3.05, 3.63) is 0 Å². The third-order valence-corrected chi connectivity index (χ3v) is 2.93. The van der Waals surface area contributed by atoms with Crippen LogP contribution in [0.1, 0.15) is 95.9 Å². The van der Waals surface area contributed by atoms with E-state index in [2.05, 4.69) is 21.3 Å². The van der Waals surface area contributed by atoms with E-state index in [0.717, 1.165) is 0 Å². The lowest BCUT2D eigenvalue weighted by Crippen LogP contribution is -2.42. The molecule has 7 nitrogen and oxygen atoms in total. The van der Waals surface area contributed by atoms with Gasteiger partial charge in [0.15, 0.2) is 0 Å². The van der Waals surface area contributed by atoms with Gasteiger partial charge in [0.25, 0.3) is 0 Å². The largest absolute Gasteiger partial charge is 0.354 e. The minimum absolute atomic E-state index is 0.0926. The van der Waals surface area contributed by atoms with Gasteiger partial charge in [0, 0.05) is 37.0 Å². The van der Waals surface area contributed by atoms with Crippen LogP contribution >= 0.6 is 0 Å². The monoisotopic (exact) mass is 430 g/mol. The summed E-state index contributed by atoms with van der Waals surface area (Å²) in [7, 11) is 0. The predicted octanol–water partition coefficient (Wildman–Crippen LogP) is 4.22. The van der Waals surface area contributed by atoms with Crippen LogP contribution in [0.4, 0.5) is 4.79 Å². The van der Waals surface area contributed by atoms with Gasteiger partial charge in [-0.15, -0.1) is 0 Å². The van der Waals surface area contributed by atoms with Crippen LogP contribution in [0.3, 0.4) is 0 Å². The first-order valence-corrected chi connectivity index (χ1v) is 11.2. The van der Waals surface area contributed by atoms with E-state index in [1.54, 1.807) is 0 Å². The zero-order chi connectivity index (χ0) is 24.4. The molecule has 0 atom stereocenters. The Bertz CT molecular complexity index is 357. The topological polar surface area (TPSA) is 99.3 Å². The first-order valence-electron chi connectivity index (χ1n) is 11.2. The summed E-state index contributed by atoms with van der Waals surface area (Å²) >= 11 is 0. The number of nitrogens with one attached hydrogen (secondary N) is 4. The van der Waals surface area contributed by atoms with Crippen LogP contribution in [0.2, 0.25) is 0 Å². The van der Waals surface area contributed by atoms with E-state index >= 15 is 0 Å². The molecule has 0 fully saturated rings. The summed E-state index contributed by atoms with van der Waals surface area (Å²) in [6, 6.07) is 0.861. The third kappa shape index (κ3) is 33.8. The van der Waals surface area contributed by atoms with Gasteiger partial charge in [0.05, 0.1) is 0 Å². The summed E-state index contributed by atoms with van der Waals surface area (Å²) in [5, 5.41) is 11.1. The van der Waals surface area contributed by atoms with Crippen LogP contribution in [0, 0.1) is 11.8 Å². The molecular weight excluding hydrogens is 380 g/mol. The van der Waals surface area contributed by atoms with Crippen LogP contribution in [0.5, 0.6) is 0 Å². The number of amides is 4. The number of hydrogen-bond acceptors (Lipinski definition) is 3. The molecular formula is C23H50N4O3. The van der Waals surface area contributed by atoms with E-state index in [1.807, 2.05) is 83.1 Å². The van der Waals surface area contributed by atoms with Crippen LogP contribution in [0.25, 0.3) is 0 Å². The molecule has 0 rings (SSSR count). The van der Waals surface area contributed by atoms with Gasteiger partial charge in [-0.2, -0.15) is 0 Å². The molecule has 0 aliphatic carbocycles. The predicted molar refractivity (Wildman–Crippen MR) is 127 cm³/mol. The minimum Gasteiger partial charge on any atom is -0.354 e. The second kappa shape index (κ2) is 19.2. The van der Waals surface area contributed by atoms with E-state index < -0.39 is 0 Å². The van der Waals surface area contributed by atoms with Gasteiger partial charge in [-0.25, -0.2) is 4.79 Å². The van der Waals surface area contributed by atoms with Crippen molar-refractivity contribution in [3.63, 3.8) is 0 Å². The smallest absolute Gasteiger partial charge is 0.315 e. The van der Waals surface area contributed by atoms with Gasteiger partial charge >= 0.3 is 6.03 Å². The Morgan fingerprint density at radius 3 is 0.867 bits per heavy atom. The molecule has 4 N–H and O–H groups in total. The molecule has 0 aliphatic rings. The zero-order valence-electron chi connectivity index (χ0n) is 21.6. The lowest BCUT2D eigenvalue weighted by molar-refractivity contribution is -0.123. The van der Waals surface area contributed by atoms with Crippen molar-refractivity contribution in [2.75, 3.05) is 0 Å². The Hall–Kier alpha value is -1.79. The molecule has 4 amide bonds. The lowest BCUT2D eigenvalue weighted by Gasteiger charge is -2.11. The fraction of sp³-hybridized carbons (Fsp3) is 0.870. The molecule has 0 heterocycles. The summed E-state index contributed by atoms with van der Waals surface area (Å²) in [5.74, 6) is 1.23. The number of carbonyl (C=O) groups excluding carboxylic acids is 3. The molecule has 0 aliphatic heterocycles. The Kier molecular flexibility index (Phi) is 21.0. The summed E-state index contributed by atoms with van der Waals surface area (Å²) < 4.78 is 0. The highest BCUT2D eigenvalue weighted by molar-refractivity contribution is 5.76. The second-order valence-corrected chi connectivity index (χ2v) is 9.57. The van der Waals surface area contributed by atoms with Crippen molar-refractivity contribution in [2.24, 2.45) is 11.8 Å². The molecule has 0 saturated heterocycles. The van der Waals surface area contributed by atoms with Crippen LogP contribution in [-0.2, 0) is 9.59 Å². The average molecular weight is 431 g/mol. The zero-order valence-corrected chi connectivity index (χ0v) is 21.6. The first-order chi connectivity index (χ1) is 13.6. The molecule has 30 heavy (non-hydrogen) atoms. The van der Waals surface area contributed by atoms with Gasteiger partial charge < -0.3 is 21.3 Å². The van der Waals surface area contributed by atoms with Gasteiger partial charge in [-0.1, -0.05) is 27.7 Å². The Morgan fingerprint density at radius 2 is 0.700 bits per heavy atom. The second-order valence-electron chi connectivity index (χ2n) is 9.57. The minimum atomic E-state index is -0.0926. The summed E-state index contributed by atoms with van der Waals surface area (Å²) in [6.45, 7) is 23.8. The molecule has 0 bridgehead atoms. The fourth-order valence-electron chi connectivity index (χ4n) is 2.07. The standard InChI is InChI=1S/2C8H17NO.C7H16N2O/c2*1-6(2)5-8(10)9-7(3)4;1-5(2)8-7(10)9-6(3)4/h2*6-7H,5H2,1-4H3,(H,9,10);5-6H,1-4H3,(H2,8,9,10). The molecule has 0 aromatic carbocycles. The molecule has 0 aromatic heterocycles. The maximum atomic E-state index is 11.0. The first kappa shape index (κ1) is 32.9. The van der Waals surface area contributed by atoms with Crippen molar-refractivity contribution in [1.29, 1.82) is 0 Å². The maximum Gasteiger partial charge on any atom is 0.315 e. The van der Waals surface area contributed by atoms with Gasteiger partial charge in [-0.3, -0.25) is 9.59 Å². The molecule has 7 heteroatoms. The molecule has 0 saturated carbocycles. The number of hydrogen-bond donors (Lipinski definition) is 4. The average Bonchev–Trinajstić information content (AvgIpc) is 2.42. The lowest BCUT2D eigenvalue weighted by atomic mass is 10.1. The van der Waals surface area contributed by atoms with Gasteiger partial charge in [0.1, 0.15) is 0 Å². The van der Waals surface area contributed by atoms with Gasteiger partial charge in [0.2, 0.25) is 11.8 Å². The fourth-order valence-corrected chi connectivity index (χ4v) is 2.07. The molecule has 180 valence electrons. The van der Waals surface area contributed by atoms with Crippen molar-refractivity contribution in [1.82, 2.24) is 21.3 Å². The van der Waals surface area contributed by atoms with Crippen LogP contribution in [0.15, 0.2) is 0 Å². The number of rotatable bonds is 8. The number of carbonyl (C=O) groups is 3. The molecule has 0 spiro atoms. The van der Waals surface area contributed by atoms with Crippen molar-refractivity contribution >= 4 is 17.8 Å². The normalized spacial score (nSPS) is 10.5. The number of urea groups is 1. The maximum absolute atomic E-state index is 11.0. The highest BCUT2D eigenvalue weighted by Gasteiger charge is 2.05. The van der Waals surface area contributed by atoms with Crippen molar-refractivity contribution < 1.29 is 14.4 Å². The molecule has 0 aromatic rings. The Morgan fingerprint density at radius 1 is 0.467 bits per heavy atom. The highest BCUT2D eigenvalue weighted by Crippen LogP contribution is 1.99. The van der Waals surface area contributed by atoms with Crippen molar-refractivity contribution in [3.8, 4) is 0 Å². The van der Waals surface area contributed by atoms with E-state index in [-0.39, 0.29) is 42.0 Å². The summed E-state index contributed by atoms with van der Waals surface area (Å²) in [5.41, 5.74) is 0. The van der Waals surface area contributed by atoms with E-state index in [1.165, 1.54) is 0 Å². The third-order valence-electron chi connectivity index (χ3n) is 2.93. The summed E-state index contributed by atoms with van der Waals surface area (Å²) in [6.07, 6.45) is 1.27. The quantitative estimate of drug-likeness (QED) is 0.464. The van der Waals surface area contributed by atoms with Crippen LogP contribution < -0.4 is 21.3 Å². The van der Waals surface area contributed by atoms with E-state index in [0.29, 0.717) is 24.7 Å². The Labute approximate surface area is 185 Å². The SMILES string of the molecule is CC(C)CC(=O)NC(C)C.CC(C)CC(=O)NC(C)C.CC(C)NC(=O)NC(C)C. The van der Waals surface area contributed by atoms with E-state index in [9.17, 15) is 14.4 Å². The van der Waals surface area contributed by atoms with E-state index in [4.69, 9.17) is 0 Å². The molecule has 0 unspecified atom stereocenters. The highest BCUT2D eigenvalue weighted by atomic mass is 16.2.